The summed E-state index contributed by atoms with van der Waals surface area (Å²) in [6.45, 7) is -0.128. The normalized spacial score (nSPS) is 32.9. The summed E-state index contributed by atoms with van der Waals surface area (Å²) in [5.41, 5.74) is -0.972. The Bertz CT molecular complexity index is 2400. The second-order valence-electron chi connectivity index (χ2n) is 15.4. The summed E-state index contributed by atoms with van der Waals surface area (Å²) < 4.78 is 45.2. The number of hydrogen-bond donors (Lipinski definition) is 13. The lowest BCUT2D eigenvalue weighted by Gasteiger charge is -2.45. The first-order valence-corrected chi connectivity index (χ1v) is 19.9. The number of fused-ring (bicyclic) bond motifs is 1. The summed E-state index contributed by atoms with van der Waals surface area (Å²) in [6.07, 6.45) is -24.0. The van der Waals surface area contributed by atoms with Gasteiger partial charge in [0.05, 0.1) is 12.7 Å². The van der Waals surface area contributed by atoms with Gasteiger partial charge in [0.25, 0.3) is 0 Å². The highest BCUT2D eigenvalue weighted by Gasteiger charge is 2.51. The number of hydrogen-bond acceptors (Lipinski definition) is 23. The Labute approximate surface area is 365 Å². The average Bonchev–Trinajstić information content (AvgIpc) is 3.27. The van der Waals surface area contributed by atoms with Crippen LogP contribution in [0.5, 0.6) is 34.5 Å². The van der Waals surface area contributed by atoms with E-state index >= 15 is 0 Å². The molecule has 1 aromatic heterocycles. The van der Waals surface area contributed by atoms with Crippen molar-refractivity contribution in [1.82, 2.24) is 0 Å². The Morgan fingerprint density at radius 3 is 2.00 bits per heavy atom. The van der Waals surface area contributed by atoms with Crippen molar-refractivity contribution in [2.24, 2.45) is 0 Å². The summed E-state index contributed by atoms with van der Waals surface area (Å²) in [4.78, 5) is 26.5. The van der Waals surface area contributed by atoms with Crippen LogP contribution in [0.1, 0.15) is 12.5 Å². The smallest absolute Gasteiger partial charge is 0.330 e. The van der Waals surface area contributed by atoms with Crippen molar-refractivity contribution in [3.63, 3.8) is 0 Å². The Kier molecular flexibility index (Phi) is 14.2. The molecule has 0 amide bonds. The van der Waals surface area contributed by atoms with Crippen LogP contribution in [0.25, 0.3) is 28.4 Å². The van der Waals surface area contributed by atoms with Crippen LogP contribution < -0.4 is 14.9 Å². The number of ether oxygens (including phenoxy) is 7. The first-order chi connectivity index (χ1) is 30.9. The first kappa shape index (κ1) is 47.3. The molecule has 23 heteroatoms. The maximum absolute atomic E-state index is 14.1. The van der Waals surface area contributed by atoms with E-state index in [9.17, 15) is 76.0 Å². The third-order valence-corrected chi connectivity index (χ3v) is 10.9. The van der Waals surface area contributed by atoms with Gasteiger partial charge in [-0.05, 0) is 55.0 Å². The molecular weight excluding hydrogens is 872 g/mol. The number of phenolic OH excluding ortho intramolecular Hbond substituents is 4. The first-order valence-electron chi connectivity index (χ1n) is 19.9. The van der Waals surface area contributed by atoms with E-state index in [1.54, 1.807) is 0 Å². The van der Waals surface area contributed by atoms with Crippen LogP contribution in [0.4, 0.5) is 0 Å². The van der Waals surface area contributed by atoms with E-state index in [2.05, 4.69) is 0 Å². The van der Waals surface area contributed by atoms with E-state index in [0.29, 0.717) is 5.56 Å². The molecule has 23 nitrogen and oxygen atoms in total. The number of phenols is 4. The van der Waals surface area contributed by atoms with Crippen molar-refractivity contribution in [2.75, 3.05) is 13.2 Å². The Hall–Kier alpha value is -5.64. The minimum Gasteiger partial charge on any atom is -0.508 e. The van der Waals surface area contributed by atoms with Crippen LogP contribution in [-0.4, -0.2) is 178 Å². The molecule has 0 aliphatic carbocycles. The number of rotatable bonds is 12. The Morgan fingerprint density at radius 1 is 0.677 bits per heavy atom. The van der Waals surface area contributed by atoms with E-state index in [0.717, 1.165) is 18.2 Å². The van der Waals surface area contributed by atoms with Crippen LogP contribution >= 0.6 is 0 Å². The third kappa shape index (κ3) is 9.83. The van der Waals surface area contributed by atoms with Crippen molar-refractivity contribution in [2.45, 2.75) is 99.0 Å². The molecule has 0 radical (unpaired) electrons. The topological polar surface area (TPSA) is 375 Å². The number of aliphatic hydroxyl groups is 9. The van der Waals surface area contributed by atoms with Crippen LogP contribution in [0.2, 0.25) is 0 Å². The maximum atomic E-state index is 14.1. The molecule has 0 spiro atoms. The highest BCUT2D eigenvalue weighted by atomic mass is 16.7. The average molecular weight is 919 g/mol. The zero-order valence-corrected chi connectivity index (χ0v) is 33.8. The van der Waals surface area contributed by atoms with Gasteiger partial charge in [0.1, 0.15) is 102 Å². The molecule has 3 fully saturated rings. The predicted octanol–water partition coefficient (Wildman–Crippen LogP) is -2.24. The van der Waals surface area contributed by atoms with E-state index in [1.807, 2.05) is 0 Å². The van der Waals surface area contributed by atoms with Gasteiger partial charge in [-0.2, -0.15) is 0 Å². The maximum Gasteiger partial charge on any atom is 0.330 e. The van der Waals surface area contributed by atoms with Crippen molar-refractivity contribution in [3.8, 4) is 45.8 Å². The Morgan fingerprint density at radius 2 is 1.32 bits per heavy atom. The highest BCUT2D eigenvalue weighted by molar-refractivity contribution is 5.88. The summed E-state index contributed by atoms with van der Waals surface area (Å²) in [7, 11) is 0. The van der Waals surface area contributed by atoms with E-state index in [-0.39, 0.29) is 34.2 Å². The number of benzene rings is 3. The molecule has 15 atom stereocenters. The molecule has 0 bridgehead atoms. The number of carbonyl (C=O) groups excluding carboxylic acids is 1. The second kappa shape index (κ2) is 19.4. The SMILES string of the molecule is C[C@@H]1O[C@@H](Oc2cc(O)c3c(=O)c(O[C@@H]4O[C@H](CO)[C@@H](O)[C@H](O)[C@H]4O)c(-c4ccc(O)cc4)oc3c2)[C@H](O)[C@H](O[C@@H]2O[C@H](COC(=O)C=Cc3ccc(O)c(O)c3)[C@@H](O)[C@H](O)[C@H]2O)[C@H]1O. The minimum absolute atomic E-state index is 0.107. The van der Waals surface area contributed by atoms with Crippen molar-refractivity contribution >= 4 is 23.0 Å². The molecule has 3 saturated heterocycles. The molecule has 65 heavy (non-hydrogen) atoms. The molecule has 13 N–H and O–H groups in total. The van der Waals surface area contributed by atoms with Crippen LogP contribution in [-0.2, 0) is 28.5 Å². The molecule has 3 aliphatic heterocycles. The summed E-state index contributed by atoms with van der Waals surface area (Å²) in [6, 6.07) is 10.9. The second-order valence-corrected chi connectivity index (χ2v) is 15.4. The van der Waals surface area contributed by atoms with E-state index in [1.165, 1.54) is 55.5 Å². The van der Waals surface area contributed by atoms with Gasteiger partial charge in [-0.15, -0.1) is 0 Å². The molecule has 0 saturated carbocycles. The fourth-order valence-electron chi connectivity index (χ4n) is 7.25. The third-order valence-electron chi connectivity index (χ3n) is 10.9. The number of esters is 1. The number of aromatic hydroxyl groups is 4. The molecule has 4 aromatic rings. The number of aliphatic hydroxyl groups excluding tert-OH is 9. The highest BCUT2D eigenvalue weighted by Crippen LogP contribution is 2.39. The zero-order valence-electron chi connectivity index (χ0n) is 33.8. The van der Waals surface area contributed by atoms with Gasteiger partial charge in [0.2, 0.25) is 23.8 Å². The monoisotopic (exact) mass is 918 g/mol. The Balaban J connectivity index is 1.10. The predicted molar refractivity (Wildman–Crippen MR) is 214 cm³/mol. The van der Waals surface area contributed by atoms with Gasteiger partial charge >= 0.3 is 5.97 Å². The van der Waals surface area contributed by atoms with Crippen LogP contribution in [0.3, 0.4) is 0 Å². The fraction of sp³-hybridized carbons (Fsp3) is 0.429. The molecular formula is C42H46O23. The van der Waals surface area contributed by atoms with Crippen molar-refractivity contribution in [1.29, 1.82) is 0 Å². The molecule has 352 valence electrons. The van der Waals surface area contributed by atoms with Gasteiger partial charge in [-0.25, -0.2) is 4.79 Å². The lowest BCUT2D eigenvalue weighted by Crippen LogP contribution is -2.64. The van der Waals surface area contributed by atoms with Crippen molar-refractivity contribution < 1.29 is 109 Å². The summed E-state index contributed by atoms with van der Waals surface area (Å²) in [5, 5.41) is 135. The number of carbonyl (C=O) groups is 1. The molecule has 3 aliphatic rings. The van der Waals surface area contributed by atoms with E-state index < -0.39 is 139 Å². The summed E-state index contributed by atoms with van der Waals surface area (Å²) >= 11 is 0. The quantitative estimate of drug-likeness (QED) is 0.0406. The van der Waals surface area contributed by atoms with Crippen LogP contribution in [0, 0.1) is 0 Å². The van der Waals surface area contributed by atoms with Gasteiger partial charge in [0.15, 0.2) is 23.5 Å². The zero-order chi connectivity index (χ0) is 47.0. The largest absolute Gasteiger partial charge is 0.508 e. The molecule has 3 aromatic carbocycles. The minimum atomic E-state index is -1.98. The molecule has 0 unspecified atom stereocenters. The van der Waals surface area contributed by atoms with Gasteiger partial charge in [-0.1, -0.05) is 6.07 Å². The van der Waals surface area contributed by atoms with Gasteiger partial charge < -0.3 is 104 Å². The van der Waals surface area contributed by atoms with Crippen molar-refractivity contribution in [3.05, 3.63) is 76.5 Å². The lowest BCUT2D eigenvalue weighted by atomic mass is 9.97. The van der Waals surface area contributed by atoms with Gasteiger partial charge in [0, 0.05) is 23.8 Å². The fourth-order valence-corrected chi connectivity index (χ4v) is 7.25. The van der Waals surface area contributed by atoms with Crippen LogP contribution in [0.15, 0.2) is 69.9 Å². The molecule has 4 heterocycles. The molecule has 7 rings (SSSR count). The van der Waals surface area contributed by atoms with E-state index in [4.69, 9.17) is 37.6 Å². The summed E-state index contributed by atoms with van der Waals surface area (Å²) in [5.74, 6) is -4.03. The standard InChI is InChI=1S/C42H46O23/c1-15-28(49)38(64-41-35(56)33(54)30(51)25(63-41)14-58-26(48)9-3-16-2-8-20(45)21(46)10-16)36(57)42(59-15)60-19-11-22(47)27-23(12-19)61-37(17-4-6-18(44)7-5-17)39(31(27)52)65-40-34(55)32(53)29(50)24(13-43)62-40/h2-12,15,24-25,28-30,32-36,38,40-47,49-51,53-57H,13-14H2,1H3/t15-,24+,25+,28-,29+,30+,32-,33-,34+,35+,36+,38+,40-,41-,42-/m0/s1. The lowest BCUT2D eigenvalue weighted by molar-refractivity contribution is -0.350. The van der Waals surface area contributed by atoms with Gasteiger partial charge in [-0.3, -0.25) is 4.79 Å².